The lowest BCUT2D eigenvalue weighted by molar-refractivity contribution is -0.143. The van der Waals surface area contributed by atoms with E-state index in [1.165, 1.54) is 150 Å². The molecule has 148 heavy (non-hydrogen) atoms. The van der Waals surface area contributed by atoms with Gasteiger partial charge in [-0.25, -0.2) is 65.7 Å². The Hall–Kier alpha value is -15.7. The van der Waals surface area contributed by atoms with Gasteiger partial charge in [0.15, 0.2) is 0 Å². The number of benzene rings is 13. The molecule has 13 aromatic carbocycles. The predicted octanol–water partition coefficient (Wildman–Crippen LogP) is 18.6. The number of carbonyl (C=O) groups is 6. The molecule has 15 rings (SSSR count). The van der Waals surface area contributed by atoms with Gasteiger partial charge in [-0.2, -0.15) is 26.8 Å². The molecule has 1 aliphatic rings. The third-order valence-electron chi connectivity index (χ3n) is 23.5. The Morgan fingerprint density at radius 2 is 0.642 bits per heavy atom. The fraction of sp³-hybridized carbons (Fsp3) is 0.191. The van der Waals surface area contributed by atoms with Crippen LogP contribution in [-0.4, -0.2) is 153 Å². The number of hydrogen-bond acceptors (Lipinski definition) is 21. The molecule has 0 saturated heterocycles. The Balaban J connectivity index is 0.000000176. The van der Waals surface area contributed by atoms with Gasteiger partial charge in [0.05, 0.1) is 99.0 Å². The molecular weight excluding hydrogens is 2000 g/mol. The van der Waals surface area contributed by atoms with Crippen molar-refractivity contribution in [2.45, 2.75) is 117 Å². The number of amides is 1. The summed E-state index contributed by atoms with van der Waals surface area (Å²) in [6, 6.07) is 92.9. The van der Waals surface area contributed by atoms with Gasteiger partial charge in [-0.3, -0.25) is 9.59 Å². The maximum Gasteiger partial charge on any atom is 0.335 e. The minimum atomic E-state index is -3.98. The minimum Gasteiger partial charge on any atom is -0.497 e. The maximum atomic E-state index is 13.5. The van der Waals surface area contributed by atoms with Crippen LogP contribution in [0.4, 0.5) is 10.1 Å². The summed E-state index contributed by atoms with van der Waals surface area (Å²) in [5.74, 6) is -4.13. The number of aliphatic carboxylic acids is 1. The molecule has 0 unspecified atom stereocenters. The first-order valence-corrected chi connectivity index (χ1v) is 53.3. The van der Waals surface area contributed by atoms with Crippen molar-refractivity contribution in [3.8, 4) is 23.3 Å². The van der Waals surface area contributed by atoms with Crippen molar-refractivity contribution in [3.63, 3.8) is 0 Å². The number of methoxy groups -OCH3 is 3. The molecule has 38 heteroatoms. The summed E-state index contributed by atoms with van der Waals surface area (Å²) in [5.41, 5.74) is 8.55. The van der Waals surface area contributed by atoms with E-state index >= 15 is 0 Å². The molecule has 32 nitrogen and oxygen atoms in total. The summed E-state index contributed by atoms with van der Waals surface area (Å²) in [6.07, 6.45) is 5.50. The van der Waals surface area contributed by atoms with Crippen LogP contribution < -0.4 is 19.5 Å². The van der Waals surface area contributed by atoms with Gasteiger partial charge in [0, 0.05) is 83.6 Å². The topological polar surface area (TPSA) is 467 Å². The van der Waals surface area contributed by atoms with Crippen molar-refractivity contribution >= 4 is 91.6 Å². The van der Waals surface area contributed by atoms with Crippen LogP contribution in [0.1, 0.15) is 135 Å². The first-order valence-electron chi connectivity index (χ1n) is 45.9. The Kier molecular flexibility index (Phi) is 40.7. The second-order valence-corrected chi connectivity index (χ2v) is 43.6. The number of rotatable bonds is 40. The standard InChI is InChI=1S/C24H24N2O6S.C23H20N2O5S.C22H26FNO4S.C21H19NO4S.C20H19NO6S/c1-17(27)25-21-9-3-18(4-10-21)15-26(16-19-5-11-22(32-2)12-6-19)33(30,31)23-13-7-20(8-14-23)24(28)29;1-30-21-10-6-17(7-11-21)15-25(16-20-5-3-2-4-19(20)14-24)31(28,29)22-12-8-18(9-13-22)23(26)27;23-21-12-8-18(9-13-21)15-24(14-17-6-10-20(11-7-17)22(25)26)29(27,28)16-19-4-2-1-3-5-19;23-21(24)19-11-13-20(14-12-19)27(25,26)22(15-17-7-3-1-4-8-17)16-18-9-5-2-6-10-18;1-26-18-6-2-15(3-7-18)12-21(13-16-10-11-27-14-16)28(24,25)19-8-4-17(5-9-19)20(22)23/h3-14H,15-16H2,1-2H3,(H,25,27)(H,28,29);2-13H,15-16H2,1H3,(H,26,27);1-5,8-9,12-13,17,20H,6-7,10-11,14-16H2,(H,25,26);1-14H,15-16H2,(H,23,24);2-11,14H,12-13H2,1H3,(H,22,23). The van der Waals surface area contributed by atoms with Crippen LogP contribution in [0.15, 0.2) is 376 Å². The van der Waals surface area contributed by atoms with Crippen molar-refractivity contribution in [1.82, 2.24) is 21.5 Å². The van der Waals surface area contributed by atoms with Crippen LogP contribution >= 0.6 is 0 Å². The van der Waals surface area contributed by atoms with Crippen molar-refractivity contribution in [1.29, 1.82) is 5.26 Å². The van der Waals surface area contributed by atoms with E-state index in [-0.39, 0.29) is 130 Å². The minimum absolute atomic E-state index is 0.00382. The molecule has 0 atom stereocenters. The summed E-state index contributed by atoms with van der Waals surface area (Å²) in [4.78, 5) is 66.7. The normalized spacial score (nSPS) is 13.0. The second-order valence-electron chi connectivity index (χ2n) is 33.9. The summed E-state index contributed by atoms with van der Waals surface area (Å²) >= 11 is 0. The molecule has 770 valence electrons. The van der Waals surface area contributed by atoms with E-state index in [4.69, 9.17) is 39.1 Å². The van der Waals surface area contributed by atoms with Crippen LogP contribution in [-0.2, 0) is 124 Å². The first-order chi connectivity index (χ1) is 70.7. The van der Waals surface area contributed by atoms with Crippen LogP contribution in [0.25, 0.3) is 0 Å². The quantitative estimate of drug-likeness (QED) is 0.0208. The lowest BCUT2D eigenvalue weighted by Gasteiger charge is -2.31. The summed E-state index contributed by atoms with van der Waals surface area (Å²) in [7, 11) is -14.5. The molecule has 0 aliphatic heterocycles. The Labute approximate surface area is 858 Å². The largest absolute Gasteiger partial charge is 0.497 e. The molecule has 1 heterocycles. The third-order valence-corrected chi connectivity index (χ3v) is 32.5. The van der Waals surface area contributed by atoms with Gasteiger partial charge in [0.1, 0.15) is 23.1 Å². The van der Waals surface area contributed by atoms with Crippen molar-refractivity contribution in [3.05, 3.63) is 442 Å². The average molecular weight is 2110 g/mol. The molecule has 1 saturated carbocycles. The predicted molar refractivity (Wildman–Crippen MR) is 551 cm³/mol. The number of furan rings is 1. The second kappa shape index (κ2) is 53.4. The molecule has 0 bridgehead atoms. The number of aromatic carboxylic acids is 4. The Morgan fingerprint density at radius 3 is 0.946 bits per heavy atom. The van der Waals surface area contributed by atoms with E-state index in [0.29, 0.717) is 77.4 Å². The molecule has 1 fully saturated rings. The molecule has 0 spiro atoms. The molecule has 6 N–H and O–H groups in total. The number of sulfonamides is 5. The van der Waals surface area contributed by atoms with Crippen LogP contribution in [0.2, 0.25) is 0 Å². The van der Waals surface area contributed by atoms with Crippen LogP contribution in [0, 0.1) is 29.0 Å². The lowest BCUT2D eigenvalue weighted by Crippen LogP contribution is -2.37. The number of ether oxygens (including phenoxy) is 3. The SMILES string of the molecule is COc1ccc(CN(Cc2ccc(NC(C)=O)cc2)S(=O)(=O)c2ccc(C(=O)O)cc2)cc1.COc1ccc(CN(Cc2ccccc2C#N)S(=O)(=O)c2ccc(C(=O)O)cc2)cc1.COc1ccc(CN(Cc2ccoc2)S(=O)(=O)c2ccc(C(=O)O)cc2)cc1.O=C(O)C1CCC(CN(Cc2ccc(F)cc2)S(=O)(=O)Cc2ccccc2)CC1.O=C(O)c1ccc(S(=O)(=O)N(Cc2ccccc2)Cc2ccccc2)cc1. The Bertz CT molecular complexity index is 7400. The lowest BCUT2D eigenvalue weighted by atomic mass is 9.82. The number of nitrogens with one attached hydrogen (secondary N) is 1. The molecule has 1 amide bonds. The fourth-order valence-electron chi connectivity index (χ4n) is 15.4. The Morgan fingerprint density at radius 1 is 0.351 bits per heavy atom. The van der Waals surface area contributed by atoms with Crippen LogP contribution in [0.5, 0.6) is 17.2 Å². The number of hydrogen-bond donors (Lipinski definition) is 6. The summed E-state index contributed by atoms with van der Waals surface area (Å²) < 4.78 is 173. The maximum absolute atomic E-state index is 13.5. The zero-order valence-electron chi connectivity index (χ0n) is 80.8. The monoisotopic (exact) mass is 2110 g/mol. The van der Waals surface area contributed by atoms with Gasteiger partial charge in [0.2, 0.25) is 56.0 Å². The van der Waals surface area contributed by atoms with Gasteiger partial charge in [0.25, 0.3) is 0 Å². The summed E-state index contributed by atoms with van der Waals surface area (Å²) in [6.45, 7) is 2.85. The number of halogens is 1. The van der Waals surface area contributed by atoms with Crippen molar-refractivity contribution in [2.24, 2.45) is 11.8 Å². The molecule has 1 aromatic heterocycles. The van der Waals surface area contributed by atoms with Crippen molar-refractivity contribution in [2.75, 3.05) is 33.2 Å². The van der Waals surface area contributed by atoms with E-state index in [2.05, 4.69) is 11.4 Å². The van der Waals surface area contributed by atoms with Gasteiger partial charge in [-0.05, 0) is 252 Å². The van der Waals surface area contributed by atoms with Gasteiger partial charge in [-0.15, -0.1) is 0 Å². The number of nitriles is 1. The number of carbonyl (C=O) groups excluding carboxylic acids is 1. The molecule has 1 aliphatic carbocycles. The average Bonchev–Trinajstić information content (AvgIpc) is 0.856. The molecule has 14 aromatic rings. The van der Waals surface area contributed by atoms with Gasteiger partial charge in [-0.1, -0.05) is 170 Å². The number of nitrogens with zero attached hydrogens (tertiary/aromatic N) is 6. The molecular formula is C110H108FN7O25S5. The highest BCUT2D eigenvalue weighted by Crippen LogP contribution is 2.34. The zero-order chi connectivity index (χ0) is 107. The number of carboxylic acid groups (broad SMARTS) is 5. The highest BCUT2D eigenvalue weighted by Gasteiger charge is 2.34. The highest BCUT2D eigenvalue weighted by molar-refractivity contribution is 7.90. The van der Waals surface area contributed by atoms with E-state index in [9.17, 15) is 85.6 Å². The number of anilines is 1. The van der Waals surface area contributed by atoms with E-state index in [1.54, 1.807) is 173 Å². The fourth-order valence-corrected chi connectivity index (χ4v) is 22.7. The van der Waals surface area contributed by atoms with E-state index in [1.807, 2.05) is 78.9 Å². The van der Waals surface area contributed by atoms with E-state index in [0.717, 1.165) is 38.9 Å². The zero-order valence-corrected chi connectivity index (χ0v) is 84.8. The van der Waals surface area contributed by atoms with Gasteiger partial charge >= 0.3 is 29.8 Å². The first kappa shape index (κ1) is 113. The van der Waals surface area contributed by atoms with Crippen molar-refractivity contribution < 1.29 is 119 Å². The van der Waals surface area contributed by atoms with E-state index < -0.39 is 80.0 Å². The van der Waals surface area contributed by atoms with Gasteiger partial charge < -0.3 is 49.5 Å². The number of carboxylic acids is 5. The summed E-state index contributed by atoms with van der Waals surface area (Å²) in [5, 5.41) is 57.5. The molecule has 0 radical (unpaired) electrons. The smallest absolute Gasteiger partial charge is 0.335 e. The van der Waals surface area contributed by atoms with Crippen LogP contribution in [0.3, 0.4) is 0 Å². The highest BCUT2D eigenvalue weighted by atomic mass is 32.2. The third kappa shape index (κ3) is 32.9.